The van der Waals surface area contributed by atoms with Crippen LogP contribution in [0.2, 0.25) is 0 Å². The van der Waals surface area contributed by atoms with Crippen molar-refractivity contribution < 1.29 is 9.90 Å². The molecule has 2 fully saturated rings. The Kier molecular flexibility index (Phi) is 4.27. The van der Waals surface area contributed by atoms with Gasteiger partial charge in [0.15, 0.2) is 0 Å². The lowest BCUT2D eigenvalue weighted by molar-refractivity contribution is 0.0627. The molecule has 1 aromatic rings. The summed E-state index contributed by atoms with van der Waals surface area (Å²) in [6.07, 6.45) is 2.91. The van der Waals surface area contributed by atoms with Crippen LogP contribution in [-0.4, -0.2) is 53.0 Å². The first kappa shape index (κ1) is 14.5. The number of hydrogen-bond donors (Lipinski definition) is 1. The normalized spacial score (nSPS) is 21.3. The van der Waals surface area contributed by atoms with Crippen LogP contribution in [0.25, 0.3) is 0 Å². The highest BCUT2D eigenvalue weighted by Crippen LogP contribution is 2.27. The zero-order valence-corrected chi connectivity index (χ0v) is 12.7. The van der Waals surface area contributed by atoms with Crippen molar-refractivity contribution in [2.45, 2.75) is 38.3 Å². The zero-order valence-electron chi connectivity index (χ0n) is 12.7. The molecular formula is C17H24N2O2. The van der Waals surface area contributed by atoms with E-state index in [-0.39, 0.29) is 5.91 Å². The predicted molar refractivity (Wildman–Crippen MR) is 82.2 cm³/mol. The summed E-state index contributed by atoms with van der Waals surface area (Å²) in [5.74, 6) is 0.114. The number of piperazine rings is 1. The van der Waals surface area contributed by atoms with E-state index in [4.69, 9.17) is 0 Å². The second kappa shape index (κ2) is 6.16. The standard InChI is InChI=1S/C17H24N2O2/c1-2-16(20)13-3-5-14(6-4-13)17(21)19-11-9-18(10-12-19)15-7-8-15/h3-6,15-16,20H,2,7-12H2,1H3/t16-/m1/s1. The summed E-state index contributed by atoms with van der Waals surface area (Å²) in [5, 5.41) is 9.79. The fraction of sp³-hybridized carbons (Fsp3) is 0.588. The summed E-state index contributed by atoms with van der Waals surface area (Å²) in [4.78, 5) is 16.9. The highest BCUT2D eigenvalue weighted by atomic mass is 16.3. The van der Waals surface area contributed by atoms with E-state index in [9.17, 15) is 9.90 Å². The lowest BCUT2D eigenvalue weighted by Crippen LogP contribution is -2.49. The van der Waals surface area contributed by atoms with Gasteiger partial charge in [-0.05, 0) is 37.0 Å². The van der Waals surface area contributed by atoms with Gasteiger partial charge in [-0.25, -0.2) is 0 Å². The van der Waals surface area contributed by atoms with Crippen molar-refractivity contribution in [1.82, 2.24) is 9.80 Å². The molecule has 0 spiro atoms. The number of aliphatic hydroxyl groups is 1. The van der Waals surface area contributed by atoms with E-state index in [1.54, 1.807) is 0 Å². The van der Waals surface area contributed by atoms with Crippen molar-refractivity contribution in [3.05, 3.63) is 35.4 Å². The minimum Gasteiger partial charge on any atom is -0.388 e. The van der Waals surface area contributed by atoms with E-state index in [0.717, 1.165) is 43.3 Å². The van der Waals surface area contributed by atoms with Crippen LogP contribution in [0.1, 0.15) is 48.2 Å². The van der Waals surface area contributed by atoms with Crippen molar-refractivity contribution >= 4 is 5.91 Å². The summed E-state index contributed by atoms with van der Waals surface area (Å²) in [7, 11) is 0. The Bertz CT molecular complexity index is 488. The Morgan fingerprint density at radius 3 is 2.33 bits per heavy atom. The first-order valence-corrected chi connectivity index (χ1v) is 8.00. The molecule has 0 unspecified atom stereocenters. The van der Waals surface area contributed by atoms with E-state index in [0.29, 0.717) is 6.42 Å². The van der Waals surface area contributed by atoms with Gasteiger partial charge in [0.2, 0.25) is 0 Å². The molecule has 1 amide bonds. The summed E-state index contributed by atoms with van der Waals surface area (Å²) < 4.78 is 0. The predicted octanol–water partition coefficient (Wildman–Crippen LogP) is 2.05. The average Bonchev–Trinajstić information content (AvgIpc) is 3.39. The van der Waals surface area contributed by atoms with E-state index in [1.807, 2.05) is 36.1 Å². The summed E-state index contributed by atoms with van der Waals surface area (Å²) in [6, 6.07) is 8.19. The molecule has 21 heavy (non-hydrogen) atoms. The van der Waals surface area contributed by atoms with E-state index < -0.39 is 6.10 Å². The maximum Gasteiger partial charge on any atom is 0.253 e. The van der Waals surface area contributed by atoms with Gasteiger partial charge in [-0.3, -0.25) is 9.69 Å². The van der Waals surface area contributed by atoms with Crippen molar-refractivity contribution in [2.24, 2.45) is 0 Å². The van der Waals surface area contributed by atoms with Crippen LogP contribution in [0.3, 0.4) is 0 Å². The van der Waals surface area contributed by atoms with E-state index in [2.05, 4.69) is 4.90 Å². The third kappa shape index (κ3) is 3.27. The molecule has 1 heterocycles. The molecule has 1 aromatic carbocycles. The smallest absolute Gasteiger partial charge is 0.253 e. The van der Waals surface area contributed by atoms with Crippen molar-refractivity contribution in [2.75, 3.05) is 26.2 Å². The minimum absolute atomic E-state index is 0.114. The minimum atomic E-state index is -0.434. The largest absolute Gasteiger partial charge is 0.388 e. The van der Waals surface area contributed by atoms with Gasteiger partial charge in [-0.2, -0.15) is 0 Å². The monoisotopic (exact) mass is 288 g/mol. The zero-order chi connectivity index (χ0) is 14.8. The van der Waals surface area contributed by atoms with Crippen LogP contribution in [0.5, 0.6) is 0 Å². The Labute approximate surface area is 126 Å². The van der Waals surface area contributed by atoms with E-state index >= 15 is 0 Å². The highest BCUT2D eigenvalue weighted by molar-refractivity contribution is 5.94. The second-order valence-electron chi connectivity index (χ2n) is 6.11. The lowest BCUT2D eigenvalue weighted by atomic mass is 10.0. The summed E-state index contributed by atoms with van der Waals surface area (Å²) >= 11 is 0. The molecule has 1 N–H and O–H groups in total. The molecule has 1 saturated carbocycles. The number of aliphatic hydroxyl groups excluding tert-OH is 1. The van der Waals surface area contributed by atoms with Crippen LogP contribution < -0.4 is 0 Å². The SMILES string of the molecule is CC[C@@H](O)c1ccc(C(=O)N2CCN(C3CC3)CC2)cc1. The third-order valence-corrected chi connectivity index (χ3v) is 4.59. The van der Waals surface area contributed by atoms with Gasteiger partial charge < -0.3 is 10.0 Å². The Balaban J connectivity index is 1.59. The highest BCUT2D eigenvalue weighted by Gasteiger charge is 2.32. The molecular weight excluding hydrogens is 264 g/mol. The molecule has 0 bridgehead atoms. The maximum absolute atomic E-state index is 12.5. The van der Waals surface area contributed by atoms with Crippen LogP contribution >= 0.6 is 0 Å². The van der Waals surface area contributed by atoms with Crippen LogP contribution in [0.15, 0.2) is 24.3 Å². The molecule has 1 aliphatic carbocycles. The van der Waals surface area contributed by atoms with E-state index in [1.165, 1.54) is 12.8 Å². The van der Waals surface area contributed by atoms with Gasteiger partial charge in [-0.1, -0.05) is 19.1 Å². The van der Waals surface area contributed by atoms with Gasteiger partial charge >= 0.3 is 0 Å². The molecule has 1 atom stereocenters. The molecule has 1 saturated heterocycles. The maximum atomic E-state index is 12.5. The quantitative estimate of drug-likeness (QED) is 0.922. The molecule has 4 nitrogen and oxygen atoms in total. The van der Waals surface area contributed by atoms with Crippen molar-refractivity contribution in [3.63, 3.8) is 0 Å². The topological polar surface area (TPSA) is 43.8 Å². The molecule has 1 aliphatic heterocycles. The first-order valence-electron chi connectivity index (χ1n) is 8.00. The van der Waals surface area contributed by atoms with Gasteiger partial charge in [0, 0.05) is 37.8 Å². The number of benzene rings is 1. The number of carbonyl (C=O) groups is 1. The number of hydrogen-bond acceptors (Lipinski definition) is 3. The summed E-state index contributed by atoms with van der Waals surface area (Å²) in [6.45, 7) is 5.61. The Morgan fingerprint density at radius 2 is 1.81 bits per heavy atom. The fourth-order valence-corrected chi connectivity index (χ4v) is 3.00. The van der Waals surface area contributed by atoms with Crippen LogP contribution in [-0.2, 0) is 0 Å². The van der Waals surface area contributed by atoms with Gasteiger partial charge in [0.25, 0.3) is 5.91 Å². The second-order valence-corrected chi connectivity index (χ2v) is 6.11. The van der Waals surface area contributed by atoms with Gasteiger partial charge in [0.05, 0.1) is 6.10 Å². The molecule has 2 aliphatic rings. The number of amides is 1. The first-order chi connectivity index (χ1) is 10.2. The Hall–Kier alpha value is -1.39. The Morgan fingerprint density at radius 1 is 1.19 bits per heavy atom. The van der Waals surface area contributed by atoms with Crippen molar-refractivity contribution in [1.29, 1.82) is 0 Å². The molecule has 0 radical (unpaired) electrons. The average molecular weight is 288 g/mol. The summed E-state index contributed by atoms with van der Waals surface area (Å²) in [5.41, 5.74) is 1.61. The molecule has 4 heteroatoms. The van der Waals surface area contributed by atoms with Crippen LogP contribution in [0.4, 0.5) is 0 Å². The number of carbonyl (C=O) groups excluding carboxylic acids is 1. The molecule has 114 valence electrons. The number of nitrogens with zero attached hydrogens (tertiary/aromatic N) is 2. The molecule has 0 aromatic heterocycles. The van der Waals surface area contributed by atoms with Crippen molar-refractivity contribution in [3.8, 4) is 0 Å². The molecule has 3 rings (SSSR count). The van der Waals surface area contributed by atoms with Gasteiger partial charge in [-0.15, -0.1) is 0 Å². The number of rotatable bonds is 4. The third-order valence-electron chi connectivity index (χ3n) is 4.59. The fourth-order valence-electron chi connectivity index (χ4n) is 3.00. The van der Waals surface area contributed by atoms with Gasteiger partial charge in [0.1, 0.15) is 0 Å². The lowest BCUT2D eigenvalue weighted by Gasteiger charge is -2.34. The van der Waals surface area contributed by atoms with Crippen LogP contribution in [0, 0.1) is 0 Å².